The molecule has 2 saturated heterocycles. The topological polar surface area (TPSA) is 60.0 Å². The van der Waals surface area contributed by atoms with E-state index in [4.69, 9.17) is 0 Å². The third-order valence-electron chi connectivity index (χ3n) is 7.92. The smallest absolute Gasteiger partial charge is 0.225 e. The van der Waals surface area contributed by atoms with Gasteiger partial charge in [-0.15, -0.1) is 0 Å². The number of aromatic nitrogens is 1. The Morgan fingerprint density at radius 1 is 0.971 bits per heavy atom. The molecule has 3 aliphatic heterocycles. The van der Waals surface area contributed by atoms with Gasteiger partial charge < -0.3 is 14.7 Å². The fraction of sp³-hybridized carbons (Fsp3) is 0.536. The van der Waals surface area contributed by atoms with Crippen molar-refractivity contribution in [3.8, 4) is 0 Å². The summed E-state index contributed by atoms with van der Waals surface area (Å²) >= 11 is 0. The molecule has 7 nitrogen and oxygen atoms in total. The zero-order valence-electron chi connectivity index (χ0n) is 20.8. The molecule has 0 radical (unpaired) electrons. The van der Waals surface area contributed by atoms with E-state index in [1.54, 1.807) is 6.92 Å². The van der Waals surface area contributed by atoms with Crippen LogP contribution in [-0.4, -0.2) is 83.9 Å². The summed E-state index contributed by atoms with van der Waals surface area (Å²) in [5.74, 6) is 1.81. The van der Waals surface area contributed by atoms with Gasteiger partial charge in [0.15, 0.2) is 0 Å². The molecule has 2 unspecified atom stereocenters. The second-order valence-corrected chi connectivity index (χ2v) is 10.2. The molecule has 3 aliphatic rings. The van der Waals surface area contributed by atoms with E-state index in [0.29, 0.717) is 18.9 Å². The number of piperidine rings is 1. The SMILES string of the molecule is CC(=O)N1CCc2ccccc2C1CC(=O)N1CCCC(CN2CCN(c3ccccn3)CC2)C1. The van der Waals surface area contributed by atoms with Gasteiger partial charge in [0.05, 0.1) is 12.5 Å². The van der Waals surface area contributed by atoms with Crippen LogP contribution in [-0.2, 0) is 16.0 Å². The average molecular weight is 476 g/mol. The molecule has 7 heteroatoms. The van der Waals surface area contributed by atoms with Gasteiger partial charge in [0, 0.05) is 65.5 Å². The van der Waals surface area contributed by atoms with Crippen LogP contribution in [0, 0.1) is 5.92 Å². The molecular weight excluding hydrogens is 438 g/mol. The molecule has 1 aromatic heterocycles. The second kappa shape index (κ2) is 10.8. The van der Waals surface area contributed by atoms with Crippen LogP contribution in [0.2, 0.25) is 0 Å². The summed E-state index contributed by atoms with van der Waals surface area (Å²) in [6.07, 6.45) is 5.33. The quantitative estimate of drug-likeness (QED) is 0.666. The molecular formula is C28H37N5O2. The minimum absolute atomic E-state index is 0.0543. The fourth-order valence-electron chi connectivity index (χ4n) is 6.05. The first-order chi connectivity index (χ1) is 17.1. The first-order valence-corrected chi connectivity index (χ1v) is 13.1. The summed E-state index contributed by atoms with van der Waals surface area (Å²) in [6.45, 7) is 9.08. The molecule has 0 bridgehead atoms. The number of amides is 2. The molecule has 4 heterocycles. The fourth-order valence-corrected chi connectivity index (χ4v) is 6.05. The van der Waals surface area contributed by atoms with Crippen molar-refractivity contribution in [1.29, 1.82) is 0 Å². The van der Waals surface area contributed by atoms with Gasteiger partial charge >= 0.3 is 0 Å². The molecule has 2 fully saturated rings. The Balaban J connectivity index is 1.16. The second-order valence-electron chi connectivity index (χ2n) is 10.2. The number of rotatable bonds is 5. The predicted octanol–water partition coefficient (Wildman–Crippen LogP) is 2.98. The molecule has 0 N–H and O–H groups in total. The van der Waals surface area contributed by atoms with Crippen molar-refractivity contribution in [3.63, 3.8) is 0 Å². The highest BCUT2D eigenvalue weighted by atomic mass is 16.2. The first-order valence-electron chi connectivity index (χ1n) is 13.1. The molecule has 0 spiro atoms. The van der Waals surface area contributed by atoms with E-state index in [1.165, 1.54) is 12.0 Å². The number of pyridine rings is 1. The Kier molecular flexibility index (Phi) is 7.32. The highest BCUT2D eigenvalue weighted by Crippen LogP contribution is 2.33. The van der Waals surface area contributed by atoms with E-state index in [-0.39, 0.29) is 17.9 Å². The van der Waals surface area contributed by atoms with Gasteiger partial charge in [-0.1, -0.05) is 30.3 Å². The predicted molar refractivity (Wildman–Crippen MR) is 137 cm³/mol. The van der Waals surface area contributed by atoms with Crippen molar-refractivity contribution in [2.45, 2.75) is 38.6 Å². The summed E-state index contributed by atoms with van der Waals surface area (Å²) in [7, 11) is 0. The Morgan fingerprint density at radius 3 is 2.54 bits per heavy atom. The highest BCUT2D eigenvalue weighted by molar-refractivity contribution is 5.80. The van der Waals surface area contributed by atoms with Crippen molar-refractivity contribution in [2.24, 2.45) is 5.92 Å². The number of carbonyl (C=O) groups excluding carboxylic acids is 2. The molecule has 2 aromatic rings. The summed E-state index contributed by atoms with van der Waals surface area (Å²) < 4.78 is 0. The van der Waals surface area contributed by atoms with E-state index in [1.807, 2.05) is 35.4 Å². The van der Waals surface area contributed by atoms with Crippen LogP contribution in [0.1, 0.15) is 43.4 Å². The number of nitrogens with zero attached hydrogens (tertiary/aromatic N) is 5. The van der Waals surface area contributed by atoms with Gasteiger partial charge in [0.25, 0.3) is 0 Å². The molecule has 1 aromatic carbocycles. The number of piperazine rings is 1. The third kappa shape index (κ3) is 5.50. The molecule has 186 valence electrons. The van der Waals surface area contributed by atoms with Crippen molar-refractivity contribution in [3.05, 3.63) is 59.8 Å². The third-order valence-corrected chi connectivity index (χ3v) is 7.92. The Bertz CT molecular complexity index is 1020. The molecule has 5 rings (SSSR count). The van der Waals surface area contributed by atoms with Crippen molar-refractivity contribution in [2.75, 3.05) is 57.3 Å². The summed E-state index contributed by atoms with van der Waals surface area (Å²) in [5.41, 5.74) is 2.41. The Morgan fingerprint density at radius 2 is 1.77 bits per heavy atom. The van der Waals surface area contributed by atoms with Crippen LogP contribution in [0.15, 0.2) is 48.7 Å². The zero-order valence-corrected chi connectivity index (χ0v) is 20.8. The van der Waals surface area contributed by atoms with Crippen LogP contribution in [0.4, 0.5) is 5.82 Å². The number of hydrogen-bond donors (Lipinski definition) is 0. The van der Waals surface area contributed by atoms with Crippen LogP contribution in [0.25, 0.3) is 0 Å². The van der Waals surface area contributed by atoms with E-state index in [2.05, 4.69) is 37.9 Å². The number of carbonyl (C=O) groups is 2. The summed E-state index contributed by atoms with van der Waals surface area (Å²) in [5, 5.41) is 0. The average Bonchev–Trinajstić information content (AvgIpc) is 2.90. The van der Waals surface area contributed by atoms with Crippen LogP contribution >= 0.6 is 0 Å². The maximum Gasteiger partial charge on any atom is 0.225 e. The van der Waals surface area contributed by atoms with Gasteiger partial charge in [-0.05, 0) is 48.4 Å². The standard InChI is InChI=1S/C28H37N5O2/c1-22(34)33-14-11-24-8-2-3-9-25(24)26(33)19-28(35)32-13-6-7-23(21-32)20-30-15-17-31(18-16-30)27-10-4-5-12-29-27/h2-5,8-10,12,23,26H,6-7,11,13-21H2,1H3. The van der Waals surface area contributed by atoms with E-state index in [9.17, 15) is 9.59 Å². The number of benzene rings is 1. The van der Waals surface area contributed by atoms with Gasteiger partial charge in [-0.2, -0.15) is 0 Å². The minimum Gasteiger partial charge on any atom is -0.354 e. The van der Waals surface area contributed by atoms with Crippen LogP contribution in [0.3, 0.4) is 0 Å². The molecule has 2 atom stereocenters. The van der Waals surface area contributed by atoms with Crippen LogP contribution in [0.5, 0.6) is 0 Å². The van der Waals surface area contributed by atoms with Gasteiger partial charge in [0.2, 0.25) is 11.8 Å². The number of likely N-dealkylation sites (tertiary alicyclic amines) is 1. The lowest BCUT2D eigenvalue weighted by atomic mass is 9.89. The van der Waals surface area contributed by atoms with Crippen molar-refractivity contribution < 1.29 is 9.59 Å². The summed E-state index contributed by atoms with van der Waals surface area (Å²) in [4.78, 5) is 39.1. The molecule has 35 heavy (non-hydrogen) atoms. The molecule has 0 aliphatic carbocycles. The van der Waals surface area contributed by atoms with Crippen molar-refractivity contribution >= 4 is 17.6 Å². The first kappa shape index (κ1) is 23.8. The van der Waals surface area contributed by atoms with Crippen LogP contribution < -0.4 is 4.90 Å². The highest BCUT2D eigenvalue weighted by Gasteiger charge is 2.33. The molecule has 2 amide bonds. The lowest BCUT2D eigenvalue weighted by Gasteiger charge is -2.41. The monoisotopic (exact) mass is 475 g/mol. The van der Waals surface area contributed by atoms with Gasteiger partial charge in [-0.25, -0.2) is 4.98 Å². The lowest BCUT2D eigenvalue weighted by Crippen LogP contribution is -2.50. The minimum atomic E-state index is -0.148. The maximum atomic E-state index is 13.4. The molecule has 0 saturated carbocycles. The Hall–Kier alpha value is -2.93. The number of anilines is 1. The largest absolute Gasteiger partial charge is 0.354 e. The van der Waals surface area contributed by atoms with Gasteiger partial charge in [0.1, 0.15) is 5.82 Å². The van der Waals surface area contributed by atoms with E-state index >= 15 is 0 Å². The van der Waals surface area contributed by atoms with Crippen molar-refractivity contribution in [1.82, 2.24) is 19.7 Å². The number of fused-ring (bicyclic) bond motifs is 1. The van der Waals surface area contributed by atoms with E-state index < -0.39 is 0 Å². The normalized spacial score (nSPS) is 23.2. The van der Waals surface area contributed by atoms with Gasteiger partial charge in [-0.3, -0.25) is 14.5 Å². The summed E-state index contributed by atoms with van der Waals surface area (Å²) in [6, 6.07) is 14.2. The Labute approximate surface area is 208 Å². The lowest BCUT2D eigenvalue weighted by molar-refractivity contribution is -0.137. The van der Waals surface area contributed by atoms with E-state index in [0.717, 1.165) is 70.0 Å². The maximum absolute atomic E-state index is 13.4. The number of hydrogen-bond acceptors (Lipinski definition) is 5. The zero-order chi connectivity index (χ0) is 24.2.